The van der Waals surface area contributed by atoms with Crippen molar-refractivity contribution in [1.29, 1.82) is 0 Å². The van der Waals surface area contributed by atoms with Gasteiger partial charge in [0.1, 0.15) is 5.82 Å². The van der Waals surface area contributed by atoms with E-state index in [1.54, 1.807) is 12.1 Å². The maximum absolute atomic E-state index is 10.7. The van der Waals surface area contributed by atoms with E-state index in [4.69, 9.17) is 5.11 Å². The summed E-state index contributed by atoms with van der Waals surface area (Å²) in [5.41, 5.74) is 2.04. The smallest absolute Gasteiger partial charge is 0.269 e. The summed E-state index contributed by atoms with van der Waals surface area (Å²) in [5, 5.41) is 26.0. The molecule has 3 rings (SSSR count). The average molecular weight is 343 g/mol. The van der Waals surface area contributed by atoms with E-state index in [9.17, 15) is 10.1 Å². The van der Waals surface area contributed by atoms with E-state index in [-0.39, 0.29) is 12.3 Å². The Morgan fingerprint density at radius 1 is 1.20 bits per heavy atom. The first-order valence-electron chi connectivity index (χ1n) is 8.36. The number of nitro groups is 1. The standard InChI is InChI=1S/C17H21N5O3/c23-9-1-8-18-17-20-15(13-4-5-13)10-16(21-17)19-11-12-2-6-14(7-3-12)22(24)25/h2-3,6-7,10,13,23H,1,4-5,8-9,11H2,(H2,18,19,20,21). The first-order chi connectivity index (χ1) is 12.2. The molecule has 0 saturated heterocycles. The number of anilines is 2. The molecule has 0 bridgehead atoms. The summed E-state index contributed by atoms with van der Waals surface area (Å²) in [6.45, 7) is 1.27. The van der Waals surface area contributed by atoms with Crippen molar-refractivity contribution in [3.63, 3.8) is 0 Å². The lowest BCUT2D eigenvalue weighted by Gasteiger charge is -2.11. The minimum atomic E-state index is -0.409. The van der Waals surface area contributed by atoms with E-state index in [0.717, 1.165) is 29.9 Å². The molecular formula is C17H21N5O3. The molecule has 25 heavy (non-hydrogen) atoms. The van der Waals surface area contributed by atoms with Crippen LogP contribution in [0.25, 0.3) is 0 Å². The van der Waals surface area contributed by atoms with E-state index < -0.39 is 4.92 Å². The summed E-state index contributed by atoms with van der Waals surface area (Å²) in [6, 6.07) is 8.41. The lowest BCUT2D eigenvalue weighted by atomic mass is 10.2. The lowest BCUT2D eigenvalue weighted by molar-refractivity contribution is -0.384. The average Bonchev–Trinajstić information content (AvgIpc) is 3.45. The summed E-state index contributed by atoms with van der Waals surface area (Å²) in [7, 11) is 0. The van der Waals surface area contributed by atoms with Gasteiger partial charge in [0.25, 0.3) is 5.69 Å². The highest BCUT2D eigenvalue weighted by Gasteiger charge is 2.26. The number of rotatable bonds is 9. The number of hydrogen-bond acceptors (Lipinski definition) is 7. The fourth-order valence-corrected chi connectivity index (χ4v) is 2.43. The zero-order chi connectivity index (χ0) is 17.6. The Morgan fingerprint density at radius 3 is 2.60 bits per heavy atom. The second kappa shape index (κ2) is 7.89. The van der Waals surface area contributed by atoms with Crippen LogP contribution < -0.4 is 10.6 Å². The van der Waals surface area contributed by atoms with Crippen molar-refractivity contribution in [2.75, 3.05) is 23.8 Å². The fraction of sp³-hybridized carbons (Fsp3) is 0.412. The molecule has 3 N–H and O–H groups in total. The largest absolute Gasteiger partial charge is 0.396 e. The topological polar surface area (TPSA) is 113 Å². The first kappa shape index (κ1) is 17.1. The molecule has 0 amide bonds. The van der Waals surface area contributed by atoms with Gasteiger partial charge in [-0.25, -0.2) is 4.98 Å². The van der Waals surface area contributed by atoms with E-state index >= 15 is 0 Å². The Labute approximate surface area is 145 Å². The van der Waals surface area contributed by atoms with Crippen LogP contribution in [-0.4, -0.2) is 33.1 Å². The molecule has 0 unspecified atom stereocenters. The molecule has 1 saturated carbocycles. The molecule has 0 atom stereocenters. The van der Waals surface area contributed by atoms with Gasteiger partial charge in [0.2, 0.25) is 5.95 Å². The molecule has 1 aliphatic carbocycles. The summed E-state index contributed by atoms with van der Waals surface area (Å²) in [4.78, 5) is 19.3. The van der Waals surface area contributed by atoms with Crippen LogP contribution in [0.5, 0.6) is 0 Å². The van der Waals surface area contributed by atoms with E-state index in [2.05, 4.69) is 20.6 Å². The number of nitrogens with zero attached hydrogens (tertiary/aromatic N) is 3. The van der Waals surface area contributed by atoms with Crippen LogP contribution >= 0.6 is 0 Å². The quantitative estimate of drug-likeness (QED) is 0.364. The second-order valence-corrected chi connectivity index (χ2v) is 6.06. The van der Waals surface area contributed by atoms with Gasteiger partial charge in [-0.05, 0) is 24.8 Å². The molecule has 8 heteroatoms. The van der Waals surface area contributed by atoms with E-state index in [0.29, 0.717) is 31.4 Å². The van der Waals surface area contributed by atoms with Crippen LogP contribution in [0, 0.1) is 10.1 Å². The van der Waals surface area contributed by atoms with Crippen LogP contribution in [-0.2, 0) is 6.54 Å². The summed E-state index contributed by atoms with van der Waals surface area (Å²) in [5.74, 6) is 1.78. The molecule has 0 spiro atoms. The third kappa shape index (κ3) is 4.87. The van der Waals surface area contributed by atoms with Gasteiger partial charge in [-0.3, -0.25) is 10.1 Å². The van der Waals surface area contributed by atoms with Crippen molar-refractivity contribution < 1.29 is 10.0 Å². The molecule has 0 aliphatic heterocycles. The molecule has 1 aromatic heterocycles. The molecule has 1 aromatic carbocycles. The number of nitro benzene ring substituents is 1. The molecule has 1 heterocycles. The molecule has 8 nitrogen and oxygen atoms in total. The van der Waals surface area contributed by atoms with Crippen LogP contribution in [0.4, 0.5) is 17.5 Å². The summed E-state index contributed by atoms with van der Waals surface area (Å²) in [6.07, 6.45) is 2.94. The maximum Gasteiger partial charge on any atom is 0.269 e. The number of aliphatic hydroxyl groups excluding tert-OH is 1. The Morgan fingerprint density at radius 2 is 1.96 bits per heavy atom. The molecule has 2 aromatic rings. The van der Waals surface area contributed by atoms with Crippen LogP contribution in [0.2, 0.25) is 0 Å². The highest BCUT2D eigenvalue weighted by atomic mass is 16.6. The van der Waals surface area contributed by atoms with Crippen molar-refractivity contribution in [1.82, 2.24) is 9.97 Å². The van der Waals surface area contributed by atoms with Crippen LogP contribution in [0.15, 0.2) is 30.3 Å². The number of aromatic nitrogens is 2. The van der Waals surface area contributed by atoms with Gasteiger partial charge in [0, 0.05) is 43.8 Å². The monoisotopic (exact) mass is 343 g/mol. The van der Waals surface area contributed by atoms with Gasteiger partial charge < -0.3 is 15.7 Å². The van der Waals surface area contributed by atoms with E-state index in [1.807, 2.05) is 6.07 Å². The molecule has 132 valence electrons. The number of aliphatic hydroxyl groups is 1. The highest BCUT2D eigenvalue weighted by molar-refractivity contribution is 5.45. The SMILES string of the molecule is O=[N+]([O-])c1ccc(CNc2cc(C3CC3)nc(NCCCO)n2)cc1. The highest BCUT2D eigenvalue weighted by Crippen LogP contribution is 2.39. The Kier molecular flexibility index (Phi) is 5.39. The van der Waals surface area contributed by atoms with Crippen LogP contribution in [0.3, 0.4) is 0 Å². The molecular weight excluding hydrogens is 322 g/mol. The Bertz CT molecular complexity index is 732. The van der Waals surface area contributed by atoms with Gasteiger partial charge in [-0.1, -0.05) is 12.1 Å². The van der Waals surface area contributed by atoms with Crippen LogP contribution in [0.1, 0.15) is 36.4 Å². The van der Waals surface area contributed by atoms with Gasteiger partial charge in [-0.2, -0.15) is 4.98 Å². The van der Waals surface area contributed by atoms with Crippen molar-refractivity contribution in [2.24, 2.45) is 0 Å². The van der Waals surface area contributed by atoms with Crippen molar-refractivity contribution >= 4 is 17.5 Å². The lowest BCUT2D eigenvalue weighted by Crippen LogP contribution is -2.10. The molecule has 0 radical (unpaired) electrons. The Hall–Kier alpha value is -2.74. The first-order valence-corrected chi connectivity index (χ1v) is 8.36. The summed E-state index contributed by atoms with van der Waals surface area (Å²) >= 11 is 0. The zero-order valence-electron chi connectivity index (χ0n) is 13.8. The predicted octanol–water partition coefficient (Wildman–Crippen LogP) is 2.67. The Balaban J connectivity index is 1.66. The molecule has 1 fully saturated rings. The van der Waals surface area contributed by atoms with Crippen molar-refractivity contribution in [3.05, 3.63) is 51.7 Å². The van der Waals surface area contributed by atoms with Gasteiger partial charge in [0.05, 0.1) is 10.6 Å². The second-order valence-electron chi connectivity index (χ2n) is 6.06. The number of nitrogens with one attached hydrogen (secondary N) is 2. The van der Waals surface area contributed by atoms with E-state index in [1.165, 1.54) is 12.1 Å². The summed E-state index contributed by atoms with van der Waals surface area (Å²) < 4.78 is 0. The number of hydrogen-bond donors (Lipinski definition) is 3. The third-order valence-electron chi connectivity index (χ3n) is 3.98. The van der Waals surface area contributed by atoms with Gasteiger partial charge >= 0.3 is 0 Å². The third-order valence-corrected chi connectivity index (χ3v) is 3.98. The minimum absolute atomic E-state index is 0.0807. The normalized spacial score (nSPS) is 13.5. The molecule has 1 aliphatic rings. The van der Waals surface area contributed by atoms with Gasteiger partial charge in [0.15, 0.2) is 0 Å². The van der Waals surface area contributed by atoms with Crippen molar-refractivity contribution in [2.45, 2.75) is 31.7 Å². The van der Waals surface area contributed by atoms with Crippen molar-refractivity contribution in [3.8, 4) is 0 Å². The minimum Gasteiger partial charge on any atom is -0.396 e. The number of benzene rings is 1. The zero-order valence-corrected chi connectivity index (χ0v) is 13.8. The van der Waals surface area contributed by atoms with Gasteiger partial charge in [-0.15, -0.1) is 0 Å². The maximum atomic E-state index is 10.7. The number of non-ortho nitro benzene ring substituents is 1. The predicted molar refractivity (Wildman–Crippen MR) is 94.6 cm³/mol. The fourth-order valence-electron chi connectivity index (χ4n) is 2.43.